The van der Waals surface area contributed by atoms with Crippen LogP contribution in [0.3, 0.4) is 0 Å². The molecule has 1 aliphatic heterocycles. The van der Waals surface area contributed by atoms with Crippen LogP contribution in [-0.2, 0) is 10.2 Å². The van der Waals surface area contributed by atoms with Gasteiger partial charge in [0, 0.05) is 18.1 Å². The van der Waals surface area contributed by atoms with Crippen molar-refractivity contribution in [2.75, 3.05) is 13.1 Å². The van der Waals surface area contributed by atoms with E-state index in [1.165, 1.54) is 0 Å². The molecule has 0 bridgehead atoms. The van der Waals surface area contributed by atoms with Gasteiger partial charge in [0.25, 0.3) is 0 Å². The molecule has 2 aliphatic rings. The quantitative estimate of drug-likeness (QED) is 0.859. The Morgan fingerprint density at radius 3 is 2.46 bits per heavy atom. The van der Waals surface area contributed by atoms with E-state index in [9.17, 15) is 4.79 Å². The third-order valence-corrected chi connectivity index (χ3v) is 5.73. The number of carbonyl (C=O) groups excluding carboxylic acids is 1. The average molecular weight is 345 g/mol. The number of rotatable bonds is 3. The molecule has 1 saturated heterocycles. The zero-order valence-corrected chi connectivity index (χ0v) is 14.3. The highest BCUT2D eigenvalue weighted by molar-refractivity contribution is 6.30. The molecule has 0 unspecified atom stereocenters. The van der Waals surface area contributed by atoms with Crippen LogP contribution in [0, 0.1) is 0 Å². The SMILES string of the molecule is O=C(N1CC[C@H](n2nccn2)C1)C1(c2ccc(Cl)cc2)CCCC1. The van der Waals surface area contributed by atoms with Crippen molar-refractivity contribution in [2.45, 2.75) is 43.6 Å². The van der Waals surface area contributed by atoms with Gasteiger partial charge in [-0.1, -0.05) is 36.6 Å². The van der Waals surface area contributed by atoms with Crippen LogP contribution in [0.25, 0.3) is 0 Å². The second kappa shape index (κ2) is 6.20. The number of carbonyl (C=O) groups is 1. The second-order valence-corrected chi connectivity index (χ2v) is 7.28. The van der Waals surface area contributed by atoms with E-state index < -0.39 is 0 Å². The summed E-state index contributed by atoms with van der Waals surface area (Å²) in [6.07, 6.45) is 8.35. The molecule has 6 heteroatoms. The monoisotopic (exact) mass is 344 g/mol. The summed E-state index contributed by atoms with van der Waals surface area (Å²) in [6, 6.07) is 8.02. The minimum atomic E-state index is -0.378. The first-order valence-corrected chi connectivity index (χ1v) is 8.98. The topological polar surface area (TPSA) is 51.0 Å². The van der Waals surface area contributed by atoms with E-state index in [4.69, 9.17) is 11.6 Å². The molecule has 1 aromatic heterocycles. The fraction of sp³-hybridized carbons (Fsp3) is 0.500. The number of amides is 1. The van der Waals surface area contributed by atoms with Gasteiger partial charge in [0.1, 0.15) is 0 Å². The molecule has 1 aromatic carbocycles. The number of benzene rings is 1. The average Bonchev–Trinajstić information content (AvgIpc) is 3.34. The number of hydrogen-bond donors (Lipinski definition) is 0. The lowest BCUT2D eigenvalue weighted by atomic mass is 9.77. The van der Waals surface area contributed by atoms with Crippen LogP contribution in [0.1, 0.15) is 43.7 Å². The van der Waals surface area contributed by atoms with Gasteiger partial charge in [-0.3, -0.25) is 4.79 Å². The largest absolute Gasteiger partial charge is 0.340 e. The Balaban J connectivity index is 1.58. The van der Waals surface area contributed by atoms with Crippen LogP contribution < -0.4 is 0 Å². The third kappa shape index (κ3) is 2.61. The highest BCUT2D eigenvalue weighted by atomic mass is 35.5. The lowest BCUT2D eigenvalue weighted by Gasteiger charge is -2.33. The van der Waals surface area contributed by atoms with Crippen LogP contribution in [-0.4, -0.2) is 38.9 Å². The Labute approximate surface area is 146 Å². The maximum absolute atomic E-state index is 13.4. The fourth-order valence-corrected chi connectivity index (χ4v) is 4.33. The molecule has 0 radical (unpaired) electrons. The number of halogens is 1. The van der Waals surface area contributed by atoms with E-state index in [-0.39, 0.29) is 17.4 Å². The second-order valence-electron chi connectivity index (χ2n) is 6.84. The molecule has 1 saturated carbocycles. The highest BCUT2D eigenvalue weighted by Gasteiger charge is 2.46. The van der Waals surface area contributed by atoms with E-state index in [2.05, 4.69) is 10.2 Å². The van der Waals surface area contributed by atoms with E-state index >= 15 is 0 Å². The summed E-state index contributed by atoms with van der Waals surface area (Å²) in [5, 5.41) is 9.17. The minimum absolute atomic E-state index is 0.188. The molecule has 5 nitrogen and oxygen atoms in total. The predicted molar refractivity (Wildman–Crippen MR) is 91.9 cm³/mol. The normalized spacial score (nSPS) is 22.9. The lowest BCUT2D eigenvalue weighted by Crippen LogP contribution is -2.44. The fourth-order valence-electron chi connectivity index (χ4n) is 4.21. The minimum Gasteiger partial charge on any atom is -0.340 e. The van der Waals surface area contributed by atoms with E-state index in [1.54, 1.807) is 17.2 Å². The number of aromatic nitrogens is 3. The van der Waals surface area contributed by atoms with Crippen molar-refractivity contribution in [1.82, 2.24) is 19.9 Å². The van der Waals surface area contributed by atoms with E-state index in [0.717, 1.165) is 44.2 Å². The Hall–Kier alpha value is -1.88. The molecule has 1 aliphatic carbocycles. The molecule has 4 rings (SSSR count). The molecule has 24 heavy (non-hydrogen) atoms. The van der Waals surface area contributed by atoms with Gasteiger partial charge in [-0.2, -0.15) is 15.0 Å². The van der Waals surface area contributed by atoms with Gasteiger partial charge in [-0.05, 0) is 37.0 Å². The Bertz CT molecular complexity index is 707. The summed E-state index contributed by atoms with van der Waals surface area (Å²) in [5.74, 6) is 0.261. The standard InChI is InChI=1S/C18H21ClN4O/c19-15-5-3-14(4-6-15)18(8-1-2-9-18)17(24)22-12-7-16(13-22)23-20-10-11-21-23/h3-6,10-11,16H,1-2,7-9,12-13H2/t16-/m0/s1. The summed E-state index contributed by atoms with van der Waals surface area (Å²) in [4.78, 5) is 17.2. The Morgan fingerprint density at radius 1 is 1.12 bits per heavy atom. The van der Waals surface area contributed by atoms with Gasteiger partial charge in [0.05, 0.1) is 23.9 Å². The Morgan fingerprint density at radius 2 is 1.79 bits per heavy atom. The first-order valence-electron chi connectivity index (χ1n) is 8.60. The third-order valence-electron chi connectivity index (χ3n) is 5.48. The van der Waals surface area contributed by atoms with Gasteiger partial charge in [-0.15, -0.1) is 0 Å². The summed E-state index contributed by atoms with van der Waals surface area (Å²) in [7, 11) is 0. The van der Waals surface area contributed by atoms with Crippen molar-refractivity contribution in [2.24, 2.45) is 0 Å². The molecule has 126 valence electrons. The number of nitrogens with zero attached hydrogens (tertiary/aromatic N) is 4. The van der Waals surface area contributed by atoms with Crippen molar-refractivity contribution < 1.29 is 4.79 Å². The molecular formula is C18H21ClN4O. The summed E-state index contributed by atoms with van der Waals surface area (Å²) in [6.45, 7) is 1.48. The van der Waals surface area contributed by atoms with Crippen LogP contribution >= 0.6 is 11.6 Å². The first kappa shape index (κ1) is 15.6. The van der Waals surface area contributed by atoms with Crippen molar-refractivity contribution in [3.05, 3.63) is 47.2 Å². The molecular weight excluding hydrogens is 324 g/mol. The predicted octanol–water partition coefficient (Wildman–Crippen LogP) is 3.22. The molecule has 0 N–H and O–H groups in total. The molecule has 1 amide bonds. The summed E-state index contributed by atoms with van der Waals surface area (Å²) >= 11 is 6.03. The van der Waals surface area contributed by atoms with Crippen molar-refractivity contribution in [3.8, 4) is 0 Å². The lowest BCUT2D eigenvalue weighted by molar-refractivity contribution is -0.136. The van der Waals surface area contributed by atoms with Gasteiger partial charge in [0.2, 0.25) is 5.91 Å². The molecule has 2 aromatic rings. The van der Waals surface area contributed by atoms with Gasteiger partial charge in [-0.25, -0.2) is 0 Å². The zero-order chi connectivity index (χ0) is 16.6. The maximum atomic E-state index is 13.4. The smallest absolute Gasteiger partial charge is 0.233 e. The summed E-state index contributed by atoms with van der Waals surface area (Å²) < 4.78 is 0. The van der Waals surface area contributed by atoms with Crippen molar-refractivity contribution >= 4 is 17.5 Å². The van der Waals surface area contributed by atoms with Crippen LogP contribution in [0.15, 0.2) is 36.7 Å². The maximum Gasteiger partial charge on any atom is 0.233 e. The number of hydrogen-bond acceptors (Lipinski definition) is 3. The number of likely N-dealkylation sites (tertiary alicyclic amines) is 1. The van der Waals surface area contributed by atoms with E-state index in [0.29, 0.717) is 11.6 Å². The van der Waals surface area contributed by atoms with E-state index in [1.807, 2.05) is 29.2 Å². The van der Waals surface area contributed by atoms with Gasteiger partial charge < -0.3 is 4.90 Å². The van der Waals surface area contributed by atoms with Crippen LogP contribution in [0.5, 0.6) is 0 Å². The van der Waals surface area contributed by atoms with Crippen LogP contribution in [0.4, 0.5) is 0 Å². The van der Waals surface area contributed by atoms with Crippen molar-refractivity contribution in [1.29, 1.82) is 0 Å². The Kier molecular flexibility index (Phi) is 4.04. The first-order chi connectivity index (χ1) is 11.7. The molecule has 2 heterocycles. The molecule has 1 atom stereocenters. The van der Waals surface area contributed by atoms with Gasteiger partial charge in [0.15, 0.2) is 0 Å². The van der Waals surface area contributed by atoms with Gasteiger partial charge >= 0.3 is 0 Å². The van der Waals surface area contributed by atoms with Crippen molar-refractivity contribution in [3.63, 3.8) is 0 Å². The molecule has 0 spiro atoms. The zero-order valence-electron chi connectivity index (χ0n) is 13.6. The highest BCUT2D eigenvalue weighted by Crippen LogP contribution is 2.43. The summed E-state index contributed by atoms with van der Waals surface area (Å²) in [5.41, 5.74) is 0.729. The molecule has 2 fully saturated rings. The van der Waals surface area contributed by atoms with Crippen LogP contribution in [0.2, 0.25) is 5.02 Å².